The molecule has 0 saturated heterocycles. The zero-order valence-corrected chi connectivity index (χ0v) is 9.93. The van der Waals surface area contributed by atoms with Gasteiger partial charge in [-0.25, -0.2) is 8.78 Å². The number of nitro groups is 1. The van der Waals surface area contributed by atoms with E-state index >= 15 is 0 Å². The van der Waals surface area contributed by atoms with Crippen LogP contribution < -0.4 is 5.32 Å². The van der Waals surface area contributed by atoms with Crippen LogP contribution in [0, 0.1) is 21.7 Å². The summed E-state index contributed by atoms with van der Waals surface area (Å²) in [5, 5.41) is 17.2. The maximum Gasteiger partial charge on any atom is 0.295 e. The maximum atomic E-state index is 13.6. The van der Waals surface area contributed by atoms with Gasteiger partial charge >= 0.3 is 0 Å². The molecule has 2 rings (SSSR count). The minimum atomic E-state index is -1.27. The third kappa shape index (κ3) is 2.51. The molecular formula is C11H10F2N4O2. The zero-order chi connectivity index (χ0) is 14.0. The Morgan fingerprint density at radius 2 is 2.16 bits per heavy atom. The highest BCUT2D eigenvalue weighted by Crippen LogP contribution is 2.29. The van der Waals surface area contributed by atoms with Gasteiger partial charge in [-0.2, -0.15) is 5.10 Å². The number of nitrogens with one attached hydrogen (secondary N) is 1. The summed E-state index contributed by atoms with van der Waals surface area (Å²) >= 11 is 0. The predicted octanol–water partition coefficient (Wildman–Crippen LogP) is 2.22. The van der Waals surface area contributed by atoms with E-state index in [9.17, 15) is 18.9 Å². The van der Waals surface area contributed by atoms with Crippen LogP contribution in [0.3, 0.4) is 0 Å². The fourth-order valence-corrected chi connectivity index (χ4v) is 1.61. The summed E-state index contributed by atoms with van der Waals surface area (Å²) in [6.07, 6.45) is 1.54. The van der Waals surface area contributed by atoms with E-state index < -0.39 is 27.9 Å². The van der Waals surface area contributed by atoms with Crippen molar-refractivity contribution in [2.75, 3.05) is 5.32 Å². The minimum absolute atomic E-state index is 0.0950. The standard InChI is InChI=1S/C11H10F2N4O2/c1-16-7(4-5-15-16)6-14-11-9(17(18)19)3-2-8(12)10(11)13/h2-5,14H,6H2,1H3. The first-order valence-corrected chi connectivity index (χ1v) is 5.34. The first-order valence-electron chi connectivity index (χ1n) is 5.34. The smallest absolute Gasteiger partial charge is 0.295 e. The van der Waals surface area contributed by atoms with Crippen molar-refractivity contribution in [2.45, 2.75) is 6.54 Å². The molecule has 19 heavy (non-hydrogen) atoms. The number of hydrogen-bond donors (Lipinski definition) is 1. The lowest BCUT2D eigenvalue weighted by Crippen LogP contribution is -2.09. The fourth-order valence-electron chi connectivity index (χ4n) is 1.61. The van der Waals surface area contributed by atoms with Crippen LogP contribution in [0.2, 0.25) is 0 Å². The molecule has 0 unspecified atom stereocenters. The van der Waals surface area contributed by atoms with Crippen LogP contribution in [0.1, 0.15) is 5.69 Å². The number of nitro benzene ring substituents is 1. The average Bonchev–Trinajstić information content (AvgIpc) is 2.76. The lowest BCUT2D eigenvalue weighted by atomic mass is 10.2. The van der Waals surface area contributed by atoms with Crippen LogP contribution in [0.5, 0.6) is 0 Å². The highest BCUT2D eigenvalue weighted by molar-refractivity contribution is 5.62. The SMILES string of the molecule is Cn1nccc1CNc1c([N+](=O)[O-])ccc(F)c1F. The van der Waals surface area contributed by atoms with Crippen molar-refractivity contribution >= 4 is 11.4 Å². The van der Waals surface area contributed by atoms with E-state index in [1.54, 1.807) is 13.1 Å². The van der Waals surface area contributed by atoms with Crippen LogP contribution in [0.25, 0.3) is 0 Å². The molecule has 6 nitrogen and oxygen atoms in total. The molecule has 0 aliphatic carbocycles. The summed E-state index contributed by atoms with van der Waals surface area (Å²) < 4.78 is 28.2. The second-order valence-corrected chi connectivity index (χ2v) is 3.81. The zero-order valence-electron chi connectivity index (χ0n) is 9.93. The summed E-state index contributed by atoms with van der Waals surface area (Å²) in [6, 6.07) is 3.31. The Morgan fingerprint density at radius 1 is 1.42 bits per heavy atom. The second-order valence-electron chi connectivity index (χ2n) is 3.81. The number of aromatic nitrogens is 2. The molecule has 1 aromatic heterocycles. The quantitative estimate of drug-likeness (QED) is 0.681. The van der Waals surface area contributed by atoms with E-state index in [1.807, 2.05) is 0 Å². The van der Waals surface area contributed by atoms with Gasteiger partial charge < -0.3 is 5.32 Å². The van der Waals surface area contributed by atoms with Gasteiger partial charge in [-0.15, -0.1) is 0 Å². The van der Waals surface area contributed by atoms with Crippen LogP contribution >= 0.6 is 0 Å². The molecule has 100 valence electrons. The molecule has 0 radical (unpaired) electrons. The molecule has 0 aliphatic heterocycles. The van der Waals surface area contributed by atoms with E-state index in [4.69, 9.17) is 0 Å². The third-order valence-corrected chi connectivity index (χ3v) is 2.64. The highest BCUT2D eigenvalue weighted by Gasteiger charge is 2.21. The summed E-state index contributed by atoms with van der Waals surface area (Å²) in [5.74, 6) is -2.41. The normalized spacial score (nSPS) is 10.5. The van der Waals surface area contributed by atoms with Crippen molar-refractivity contribution in [3.8, 4) is 0 Å². The van der Waals surface area contributed by atoms with Crippen molar-refractivity contribution in [1.29, 1.82) is 0 Å². The minimum Gasteiger partial charge on any atom is -0.371 e. The molecule has 1 N–H and O–H groups in total. The van der Waals surface area contributed by atoms with Crippen molar-refractivity contribution in [2.24, 2.45) is 7.05 Å². The molecule has 0 atom stereocenters. The summed E-state index contributed by atoms with van der Waals surface area (Å²) in [4.78, 5) is 10.0. The molecule has 0 amide bonds. The van der Waals surface area contributed by atoms with Crippen molar-refractivity contribution in [3.05, 3.63) is 51.8 Å². The summed E-state index contributed by atoms with van der Waals surface area (Å²) in [6.45, 7) is 0.0950. The Balaban J connectivity index is 2.31. The Kier molecular flexibility index (Phi) is 3.41. The molecule has 2 aromatic rings. The second kappa shape index (κ2) is 5.01. The predicted molar refractivity (Wildman–Crippen MR) is 63.5 cm³/mol. The first-order chi connectivity index (χ1) is 9.00. The number of hydrogen-bond acceptors (Lipinski definition) is 4. The molecule has 0 spiro atoms. The van der Waals surface area contributed by atoms with E-state index in [2.05, 4.69) is 10.4 Å². The van der Waals surface area contributed by atoms with Gasteiger partial charge in [0.2, 0.25) is 0 Å². The first kappa shape index (κ1) is 12.9. The topological polar surface area (TPSA) is 73.0 Å². The number of rotatable bonds is 4. The molecule has 1 heterocycles. The van der Waals surface area contributed by atoms with Gasteiger partial charge in [0.25, 0.3) is 5.69 Å². The highest BCUT2D eigenvalue weighted by atomic mass is 19.2. The fraction of sp³-hybridized carbons (Fsp3) is 0.182. The van der Waals surface area contributed by atoms with Gasteiger partial charge in [0.1, 0.15) is 0 Å². The monoisotopic (exact) mass is 268 g/mol. The Bertz CT molecular complexity index is 627. The number of benzene rings is 1. The van der Waals surface area contributed by atoms with Crippen LogP contribution in [0.15, 0.2) is 24.4 Å². The molecule has 0 fully saturated rings. The molecule has 1 aromatic carbocycles. The van der Waals surface area contributed by atoms with Crippen molar-refractivity contribution < 1.29 is 13.7 Å². The van der Waals surface area contributed by atoms with Crippen LogP contribution in [0.4, 0.5) is 20.2 Å². The lowest BCUT2D eigenvalue weighted by molar-refractivity contribution is -0.384. The Labute approximate surface area is 106 Å². The molecular weight excluding hydrogens is 258 g/mol. The van der Waals surface area contributed by atoms with Gasteiger partial charge in [-0.3, -0.25) is 14.8 Å². The van der Waals surface area contributed by atoms with E-state index in [0.29, 0.717) is 5.69 Å². The van der Waals surface area contributed by atoms with E-state index in [0.717, 1.165) is 12.1 Å². The molecule has 8 heteroatoms. The van der Waals surface area contributed by atoms with E-state index in [-0.39, 0.29) is 6.54 Å². The lowest BCUT2D eigenvalue weighted by Gasteiger charge is -2.08. The van der Waals surface area contributed by atoms with Gasteiger partial charge in [0.15, 0.2) is 17.3 Å². The number of aryl methyl sites for hydroxylation is 1. The number of nitrogens with zero attached hydrogens (tertiary/aromatic N) is 3. The maximum absolute atomic E-state index is 13.6. The summed E-state index contributed by atoms with van der Waals surface area (Å²) in [7, 11) is 1.67. The van der Waals surface area contributed by atoms with Gasteiger partial charge in [0.05, 0.1) is 17.2 Å². The van der Waals surface area contributed by atoms with E-state index in [1.165, 1.54) is 10.9 Å². The van der Waals surface area contributed by atoms with Crippen molar-refractivity contribution in [1.82, 2.24) is 9.78 Å². The van der Waals surface area contributed by atoms with Gasteiger partial charge in [-0.05, 0) is 12.1 Å². The van der Waals surface area contributed by atoms with Crippen molar-refractivity contribution in [3.63, 3.8) is 0 Å². The number of halogens is 2. The third-order valence-electron chi connectivity index (χ3n) is 2.64. The summed E-state index contributed by atoms with van der Waals surface area (Å²) in [5.41, 5.74) is -0.301. The Morgan fingerprint density at radius 3 is 2.74 bits per heavy atom. The van der Waals surface area contributed by atoms with Gasteiger partial charge in [0, 0.05) is 19.3 Å². The number of anilines is 1. The van der Waals surface area contributed by atoms with Gasteiger partial charge in [-0.1, -0.05) is 0 Å². The average molecular weight is 268 g/mol. The largest absolute Gasteiger partial charge is 0.371 e. The van der Waals surface area contributed by atoms with Crippen LogP contribution in [-0.2, 0) is 13.6 Å². The molecule has 0 aliphatic rings. The molecule has 0 bridgehead atoms. The van der Waals surface area contributed by atoms with Crippen LogP contribution in [-0.4, -0.2) is 14.7 Å². The molecule has 0 saturated carbocycles. The Hall–Kier alpha value is -2.51.